The largest absolute Gasteiger partial charge is 0.496 e. The zero-order chi connectivity index (χ0) is 20.3. The van der Waals surface area contributed by atoms with E-state index in [1.54, 1.807) is 18.3 Å². The van der Waals surface area contributed by atoms with Gasteiger partial charge in [-0.1, -0.05) is 28.1 Å². The van der Waals surface area contributed by atoms with Gasteiger partial charge in [-0.25, -0.2) is 5.43 Å². The number of benzene rings is 2. The van der Waals surface area contributed by atoms with Crippen molar-refractivity contribution < 1.29 is 9.53 Å². The highest BCUT2D eigenvalue weighted by Gasteiger charge is 2.13. The number of hydrazone groups is 1. The van der Waals surface area contributed by atoms with Crippen LogP contribution in [0.2, 0.25) is 0 Å². The Kier molecular flexibility index (Phi) is 6.56. The number of nitrogens with one attached hydrogen (secondary N) is 1. The molecule has 0 atom stereocenters. The zero-order valence-corrected chi connectivity index (χ0v) is 19.4. The smallest absolute Gasteiger partial charge is 0.275 e. The summed E-state index contributed by atoms with van der Waals surface area (Å²) in [5, 5.41) is 4.14. The lowest BCUT2D eigenvalue weighted by molar-refractivity contribution is 0.0952. The molecule has 0 aliphatic rings. The topological polar surface area (TPSA) is 55.6 Å². The summed E-state index contributed by atoms with van der Waals surface area (Å²) in [4.78, 5) is 12.5. The second kappa shape index (κ2) is 8.91. The van der Waals surface area contributed by atoms with Gasteiger partial charge in [0.15, 0.2) is 0 Å². The van der Waals surface area contributed by atoms with Crippen molar-refractivity contribution in [3.05, 3.63) is 79.1 Å². The first kappa shape index (κ1) is 20.6. The lowest BCUT2D eigenvalue weighted by Gasteiger charge is -2.11. The molecule has 0 spiro atoms. The fraction of sp³-hybridized carbons (Fsp3) is 0.143. The predicted molar refractivity (Wildman–Crippen MR) is 124 cm³/mol. The van der Waals surface area contributed by atoms with E-state index in [0.29, 0.717) is 11.3 Å². The molecule has 0 aliphatic heterocycles. The van der Waals surface area contributed by atoms with Gasteiger partial charge < -0.3 is 9.30 Å². The van der Waals surface area contributed by atoms with Crippen molar-refractivity contribution in [1.29, 1.82) is 0 Å². The molecule has 0 bridgehead atoms. The normalized spacial score (nSPS) is 11.0. The maximum Gasteiger partial charge on any atom is 0.275 e. The average Bonchev–Trinajstić information content (AvgIpc) is 2.95. The summed E-state index contributed by atoms with van der Waals surface area (Å²) in [5.74, 6) is 0.161. The zero-order valence-electron chi connectivity index (χ0n) is 15.7. The summed E-state index contributed by atoms with van der Waals surface area (Å²) in [7, 11) is 1.53. The molecule has 1 aromatic heterocycles. The van der Waals surface area contributed by atoms with Crippen molar-refractivity contribution in [2.45, 2.75) is 13.8 Å². The lowest BCUT2D eigenvalue weighted by atomic mass is 10.2. The Hall–Kier alpha value is -2.13. The summed E-state index contributed by atoms with van der Waals surface area (Å²) < 4.78 is 9.39. The fourth-order valence-corrected chi connectivity index (χ4v) is 3.99. The van der Waals surface area contributed by atoms with Crippen LogP contribution in [0.3, 0.4) is 0 Å². The molecule has 0 saturated heterocycles. The van der Waals surface area contributed by atoms with Gasteiger partial charge in [0.2, 0.25) is 0 Å². The number of aromatic nitrogens is 1. The molecule has 144 valence electrons. The van der Waals surface area contributed by atoms with E-state index in [2.05, 4.69) is 72.7 Å². The van der Waals surface area contributed by atoms with Crippen molar-refractivity contribution >= 4 is 50.6 Å². The van der Waals surface area contributed by atoms with E-state index in [4.69, 9.17) is 4.74 Å². The van der Waals surface area contributed by atoms with E-state index < -0.39 is 0 Å². The molecule has 1 N–H and O–H groups in total. The molecule has 0 fully saturated rings. The Bertz CT molecular complexity index is 1060. The van der Waals surface area contributed by atoms with E-state index >= 15 is 0 Å². The van der Waals surface area contributed by atoms with Gasteiger partial charge in [-0.05, 0) is 72.8 Å². The fourth-order valence-electron chi connectivity index (χ4n) is 3.00. The molecular formula is C21H19BrIN3O2. The van der Waals surface area contributed by atoms with E-state index in [0.717, 1.165) is 27.1 Å². The number of hydrogen-bond acceptors (Lipinski definition) is 3. The molecule has 3 aromatic rings. The van der Waals surface area contributed by atoms with Gasteiger partial charge in [-0.2, -0.15) is 5.10 Å². The quantitative estimate of drug-likeness (QED) is 0.268. The molecule has 0 saturated carbocycles. The molecule has 2 aromatic carbocycles. The van der Waals surface area contributed by atoms with E-state index in [9.17, 15) is 4.79 Å². The Morgan fingerprint density at radius 1 is 1.21 bits per heavy atom. The molecule has 5 nitrogen and oxygen atoms in total. The number of hydrogen-bond donors (Lipinski definition) is 1. The van der Waals surface area contributed by atoms with Crippen LogP contribution in [0, 0.1) is 17.4 Å². The number of methoxy groups -OCH3 is 1. The Morgan fingerprint density at radius 3 is 2.68 bits per heavy atom. The number of nitrogens with zero attached hydrogens (tertiary/aromatic N) is 2. The van der Waals surface area contributed by atoms with Crippen molar-refractivity contribution in [2.24, 2.45) is 5.10 Å². The molecule has 28 heavy (non-hydrogen) atoms. The SMILES string of the molecule is COc1ccc(Br)cc1C(=O)N/N=C\c1cc(C)n(-c2ccccc2I)c1C. The number of para-hydroxylation sites is 1. The van der Waals surface area contributed by atoms with Crippen LogP contribution in [0.15, 0.2) is 58.1 Å². The number of amides is 1. The van der Waals surface area contributed by atoms with Crippen molar-refractivity contribution in [3.8, 4) is 11.4 Å². The molecule has 3 rings (SSSR count). The number of ether oxygens (including phenoxy) is 1. The van der Waals surface area contributed by atoms with Crippen LogP contribution < -0.4 is 10.2 Å². The van der Waals surface area contributed by atoms with Crippen LogP contribution in [-0.2, 0) is 0 Å². The van der Waals surface area contributed by atoms with Crippen LogP contribution in [0.25, 0.3) is 5.69 Å². The predicted octanol–water partition coefficient (Wildman–Crippen LogP) is 5.23. The third kappa shape index (κ3) is 4.30. The van der Waals surface area contributed by atoms with Gasteiger partial charge in [0.05, 0.1) is 24.6 Å². The molecular weight excluding hydrogens is 533 g/mol. The molecule has 7 heteroatoms. The minimum absolute atomic E-state index is 0.333. The number of rotatable bonds is 5. The van der Waals surface area contributed by atoms with E-state index in [1.165, 1.54) is 10.7 Å². The van der Waals surface area contributed by atoms with Crippen LogP contribution in [0.4, 0.5) is 0 Å². The summed E-state index contributed by atoms with van der Waals surface area (Å²) in [6, 6.07) is 15.5. The van der Waals surface area contributed by atoms with Crippen molar-refractivity contribution in [1.82, 2.24) is 9.99 Å². The van der Waals surface area contributed by atoms with Crippen LogP contribution in [0.1, 0.15) is 27.3 Å². The minimum atomic E-state index is -0.333. The number of halogens is 2. The maximum absolute atomic E-state index is 12.5. The lowest BCUT2D eigenvalue weighted by Crippen LogP contribution is -2.18. The first-order valence-corrected chi connectivity index (χ1v) is 10.4. The standard InChI is InChI=1S/C21H19BrIN3O2/c1-13-10-15(14(2)26(13)19-7-5-4-6-18(19)23)12-24-25-21(27)17-11-16(22)8-9-20(17)28-3/h4-12H,1-3H3,(H,25,27)/b24-12-. The first-order chi connectivity index (χ1) is 13.4. The highest BCUT2D eigenvalue weighted by Crippen LogP contribution is 2.24. The van der Waals surface area contributed by atoms with Crippen LogP contribution >= 0.6 is 38.5 Å². The summed E-state index contributed by atoms with van der Waals surface area (Å²) in [6.45, 7) is 4.09. The third-order valence-electron chi connectivity index (χ3n) is 4.34. The van der Waals surface area contributed by atoms with Crippen LogP contribution in [-0.4, -0.2) is 23.8 Å². The average molecular weight is 552 g/mol. The maximum atomic E-state index is 12.5. The monoisotopic (exact) mass is 551 g/mol. The minimum Gasteiger partial charge on any atom is -0.496 e. The van der Waals surface area contributed by atoms with Gasteiger partial charge in [-0.3, -0.25) is 4.79 Å². The highest BCUT2D eigenvalue weighted by atomic mass is 127. The number of carbonyl (C=O) groups is 1. The van der Waals surface area contributed by atoms with Gasteiger partial charge in [0, 0.05) is 25.0 Å². The molecule has 0 aliphatic carbocycles. The summed E-state index contributed by atoms with van der Waals surface area (Å²) in [6.07, 6.45) is 1.66. The van der Waals surface area contributed by atoms with Gasteiger partial charge in [0.25, 0.3) is 5.91 Å². The van der Waals surface area contributed by atoms with Crippen molar-refractivity contribution in [3.63, 3.8) is 0 Å². The molecule has 1 amide bonds. The Balaban J connectivity index is 1.83. The summed E-state index contributed by atoms with van der Waals surface area (Å²) in [5.41, 5.74) is 7.21. The second-order valence-corrected chi connectivity index (χ2v) is 8.23. The van der Waals surface area contributed by atoms with Gasteiger partial charge in [0.1, 0.15) is 5.75 Å². The molecule has 1 heterocycles. The second-order valence-electron chi connectivity index (χ2n) is 6.16. The number of aryl methyl sites for hydroxylation is 1. The van der Waals surface area contributed by atoms with Gasteiger partial charge >= 0.3 is 0 Å². The molecule has 0 unspecified atom stereocenters. The molecule has 0 radical (unpaired) electrons. The summed E-state index contributed by atoms with van der Waals surface area (Å²) >= 11 is 5.70. The van der Waals surface area contributed by atoms with Gasteiger partial charge in [-0.15, -0.1) is 0 Å². The highest BCUT2D eigenvalue weighted by molar-refractivity contribution is 14.1. The Labute approximate surface area is 186 Å². The third-order valence-corrected chi connectivity index (χ3v) is 5.74. The number of carbonyl (C=O) groups excluding carboxylic acids is 1. The van der Waals surface area contributed by atoms with Crippen molar-refractivity contribution in [2.75, 3.05) is 7.11 Å². The van der Waals surface area contributed by atoms with E-state index in [1.807, 2.05) is 31.2 Å². The van der Waals surface area contributed by atoms with Crippen LogP contribution in [0.5, 0.6) is 5.75 Å². The first-order valence-electron chi connectivity index (χ1n) is 8.53. The Morgan fingerprint density at radius 2 is 1.96 bits per heavy atom. The van der Waals surface area contributed by atoms with E-state index in [-0.39, 0.29) is 5.91 Å².